The summed E-state index contributed by atoms with van der Waals surface area (Å²) in [6, 6.07) is 17.6. The van der Waals surface area contributed by atoms with E-state index < -0.39 is 0 Å². The maximum Gasteiger partial charge on any atom is 0.120 e. The molecule has 0 heterocycles. The fourth-order valence-electron chi connectivity index (χ4n) is 1.60. The van der Waals surface area contributed by atoms with Crippen LogP contribution in [0.1, 0.15) is 5.56 Å². The van der Waals surface area contributed by atoms with Gasteiger partial charge in [-0.05, 0) is 35.4 Å². The number of rotatable bonds is 7. The Balaban J connectivity index is 1.84. The summed E-state index contributed by atoms with van der Waals surface area (Å²) in [6.45, 7) is 4.79. The average Bonchev–Trinajstić information content (AvgIpc) is 2.52. The molecule has 2 rings (SSSR count). The summed E-state index contributed by atoms with van der Waals surface area (Å²) in [7, 11) is 0. The van der Waals surface area contributed by atoms with E-state index in [9.17, 15) is 0 Å². The Hall–Kier alpha value is -1.93. The van der Waals surface area contributed by atoms with Crippen molar-refractivity contribution in [3.05, 3.63) is 72.3 Å². The number of ether oxygens (including phenoxy) is 2. The Labute approximate surface area is 124 Å². The van der Waals surface area contributed by atoms with Gasteiger partial charge < -0.3 is 9.47 Å². The summed E-state index contributed by atoms with van der Waals surface area (Å²) in [6.07, 6.45) is 0. The van der Waals surface area contributed by atoms with E-state index in [0.29, 0.717) is 19.1 Å². The Kier molecular flexibility index (Phi) is 5.51. The summed E-state index contributed by atoms with van der Waals surface area (Å²) in [5.41, 5.74) is 2.00. The first-order valence-electron chi connectivity index (χ1n) is 6.40. The zero-order chi connectivity index (χ0) is 14.2. The molecule has 0 aliphatic heterocycles. The highest BCUT2D eigenvalue weighted by Gasteiger charge is 1.99. The van der Waals surface area contributed by atoms with Crippen LogP contribution in [0.5, 0.6) is 11.5 Å². The Morgan fingerprint density at radius 3 is 2.10 bits per heavy atom. The van der Waals surface area contributed by atoms with Gasteiger partial charge in [-0.2, -0.15) is 0 Å². The van der Waals surface area contributed by atoms with E-state index in [0.717, 1.165) is 22.6 Å². The van der Waals surface area contributed by atoms with E-state index >= 15 is 0 Å². The molecule has 0 fully saturated rings. The van der Waals surface area contributed by atoms with Gasteiger partial charge in [-0.1, -0.05) is 36.9 Å². The summed E-state index contributed by atoms with van der Waals surface area (Å²) < 4.78 is 11.2. The molecule has 0 spiro atoms. The van der Waals surface area contributed by atoms with Crippen molar-refractivity contribution >= 4 is 11.6 Å². The van der Waals surface area contributed by atoms with Crippen molar-refractivity contribution in [1.29, 1.82) is 0 Å². The van der Waals surface area contributed by atoms with Crippen molar-refractivity contribution in [2.24, 2.45) is 0 Å². The van der Waals surface area contributed by atoms with Crippen molar-refractivity contribution in [2.45, 2.75) is 6.61 Å². The summed E-state index contributed by atoms with van der Waals surface area (Å²) in [5.74, 6) is 2.01. The third kappa shape index (κ3) is 4.63. The summed E-state index contributed by atoms with van der Waals surface area (Å²) in [5, 5.41) is 0. The van der Waals surface area contributed by atoms with Crippen LogP contribution in [0.15, 0.2) is 66.7 Å². The molecule has 0 radical (unpaired) electrons. The lowest BCUT2D eigenvalue weighted by molar-refractivity contribution is 0.304. The quantitative estimate of drug-likeness (QED) is 0.554. The number of benzene rings is 2. The topological polar surface area (TPSA) is 18.5 Å². The Bertz CT molecular complexity index is 535. The second-order valence-electron chi connectivity index (χ2n) is 4.42. The van der Waals surface area contributed by atoms with Crippen molar-refractivity contribution < 1.29 is 9.47 Å². The second kappa shape index (κ2) is 7.61. The predicted molar refractivity (Wildman–Crippen MR) is 82.6 cm³/mol. The molecule has 2 nitrogen and oxygen atoms in total. The third-order valence-electron chi connectivity index (χ3n) is 2.70. The lowest BCUT2D eigenvalue weighted by atomic mass is 10.2. The molecule has 0 bridgehead atoms. The van der Waals surface area contributed by atoms with Gasteiger partial charge in [0.25, 0.3) is 0 Å². The highest BCUT2D eigenvalue weighted by Crippen LogP contribution is 2.19. The van der Waals surface area contributed by atoms with Crippen LogP contribution in [0.3, 0.4) is 0 Å². The van der Waals surface area contributed by atoms with Gasteiger partial charge in [-0.15, -0.1) is 11.6 Å². The van der Waals surface area contributed by atoms with Crippen molar-refractivity contribution in [2.75, 3.05) is 12.5 Å². The molecular formula is C17H17ClO2. The maximum atomic E-state index is 5.70. The molecule has 0 aliphatic carbocycles. The van der Waals surface area contributed by atoms with Gasteiger partial charge >= 0.3 is 0 Å². The first-order chi connectivity index (χ1) is 9.78. The standard InChI is InChI=1S/C17H17ClO2/c1-14(11-18)12-19-16-7-9-17(10-8-16)20-13-15-5-3-2-4-6-15/h2-10H,1,11-13H2. The van der Waals surface area contributed by atoms with Crippen LogP contribution in [0.4, 0.5) is 0 Å². The van der Waals surface area contributed by atoms with Gasteiger partial charge in [-0.25, -0.2) is 0 Å². The largest absolute Gasteiger partial charge is 0.489 e. The lowest BCUT2D eigenvalue weighted by Crippen LogP contribution is -2.01. The van der Waals surface area contributed by atoms with Crippen molar-refractivity contribution in [3.63, 3.8) is 0 Å². The average molecular weight is 289 g/mol. The fourth-order valence-corrected chi connectivity index (χ4v) is 1.67. The van der Waals surface area contributed by atoms with Gasteiger partial charge in [0.15, 0.2) is 0 Å². The Morgan fingerprint density at radius 1 is 0.900 bits per heavy atom. The molecule has 0 N–H and O–H groups in total. The highest BCUT2D eigenvalue weighted by atomic mass is 35.5. The minimum atomic E-state index is 0.415. The zero-order valence-electron chi connectivity index (χ0n) is 11.2. The molecule has 2 aromatic rings. The van der Waals surface area contributed by atoms with E-state index in [4.69, 9.17) is 21.1 Å². The minimum absolute atomic E-state index is 0.415. The smallest absolute Gasteiger partial charge is 0.120 e. The maximum absolute atomic E-state index is 5.70. The van der Waals surface area contributed by atoms with Gasteiger partial charge in [0, 0.05) is 5.88 Å². The molecule has 104 valence electrons. The van der Waals surface area contributed by atoms with Crippen LogP contribution in [0.25, 0.3) is 0 Å². The van der Waals surface area contributed by atoms with Gasteiger partial charge in [0.2, 0.25) is 0 Å². The first kappa shape index (κ1) is 14.5. The van der Waals surface area contributed by atoms with Gasteiger partial charge in [0.1, 0.15) is 24.7 Å². The second-order valence-corrected chi connectivity index (χ2v) is 4.69. The van der Waals surface area contributed by atoms with E-state index in [1.807, 2.05) is 54.6 Å². The molecule has 0 amide bonds. The summed E-state index contributed by atoms with van der Waals surface area (Å²) in [4.78, 5) is 0. The molecule has 3 heteroatoms. The van der Waals surface area contributed by atoms with Crippen LogP contribution in [0.2, 0.25) is 0 Å². The molecule has 0 atom stereocenters. The van der Waals surface area contributed by atoms with Crippen molar-refractivity contribution in [3.8, 4) is 11.5 Å². The third-order valence-corrected chi connectivity index (χ3v) is 3.08. The van der Waals surface area contributed by atoms with Gasteiger partial charge in [-0.3, -0.25) is 0 Å². The first-order valence-corrected chi connectivity index (χ1v) is 6.93. The Morgan fingerprint density at radius 2 is 1.50 bits per heavy atom. The number of halogens is 1. The number of hydrogen-bond acceptors (Lipinski definition) is 2. The molecule has 0 unspecified atom stereocenters. The molecule has 2 aromatic carbocycles. The lowest BCUT2D eigenvalue weighted by Gasteiger charge is -2.09. The van der Waals surface area contributed by atoms with Crippen LogP contribution in [0, 0.1) is 0 Å². The van der Waals surface area contributed by atoms with Gasteiger partial charge in [0.05, 0.1) is 0 Å². The van der Waals surface area contributed by atoms with E-state index in [1.165, 1.54) is 0 Å². The SMILES string of the molecule is C=C(CCl)COc1ccc(OCc2ccccc2)cc1. The van der Waals surface area contributed by atoms with Crippen LogP contribution in [-0.2, 0) is 6.61 Å². The van der Waals surface area contributed by atoms with Crippen LogP contribution < -0.4 is 9.47 Å². The minimum Gasteiger partial charge on any atom is -0.489 e. The normalized spacial score (nSPS) is 10.1. The fraction of sp³-hybridized carbons (Fsp3) is 0.176. The number of hydrogen-bond donors (Lipinski definition) is 0. The molecule has 20 heavy (non-hydrogen) atoms. The molecule has 0 saturated carbocycles. The van der Waals surface area contributed by atoms with E-state index in [2.05, 4.69) is 6.58 Å². The van der Waals surface area contributed by atoms with Crippen molar-refractivity contribution in [1.82, 2.24) is 0 Å². The van der Waals surface area contributed by atoms with E-state index in [1.54, 1.807) is 0 Å². The van der Waals surface area contributed by atoms with Crippen LogP contribution >= 0.6 is 11.6 Å². The highest BCUT2D eigenvalue weighted by molar-refractivity contribution is 6.19. The monoisotopic (exact) mass is 288 g/mol. The van der Waals surface area contributed by atoms with Crippen LogP contribution in [-0.4, -0.2) is 12.5 Å². The molecule has 0 saturated heterocycles. The molecular weight excluding hydrogens is 272 g/mol. The molecule has 0 aromatic heterocycles. The van der Waals surface area contributed by atoms with E-state index in [-0.39, 0.29) is 0 Å². The summed E-state index contributed by atoms with van der Waals surface area (Å²) >= 11 is 5.64. The zero-order valence-corrected chi connectivity index (χ0v) is 12.0. The predicted octanol–water partition coefficient (Wildman–Crippen LogP) is 4.44. The molecule has 0 aliphatic rings. The number of alkyl halides is 1.